The molecule has 29 heavy (non-hydrogen) atoms. The van der Waals surface area contributed by atoms with Crippen LogP contribution in [0.1, 0.15) is 12.5 Å². The molecule has 2 aliphatic rings. The van der Waals surface area contributed by atoms with Crippen LogP contribution in [0.3, 0.4) is 0 Å². The fourth-order valence-corrected chi connectivity index (χ4v) is 4.67. The lowest BCUT2D eigenvalue weighted by Crippen LogP contribution is -2.27. The minimum absolute atomic E-state index is 0.171. The van der Waals surface area contributed by atoms with Crippen molar-refractivity contribution in [2.45, 2.75) is 6.92 Å². The zero-order valence-electron chi connectivity index (χ0n) is 15.6. The minimum Gasteiger partial charge on any atom is -0.493 e. The van der Waals surface area contributed by atoms with Gasteiger partial charge in [-0.3, -0.25) is 9.69 Å². The molecule has 2 aromatic carbocycles. The van der Waals surface area contributed by atoms with Crippen molar-refractivity contribution in [3.63, 3.8) is 0 Å². The molecule has 2 aliphatic heterocycles. The van der Waals surface area contributed by atoms with Gasteiger partial charge in [0.1, 0.15) is 0 Å². The third-order valence-corrected chi connectivity index (χ3v) is 6.27. The van der Waals surface area contributed by atoms with Gasteiger partial charge in [0.25, 0.3) is 5.91 Å². The van der Waals surface area contributed by atoms with E-state index in [2.05, 4.69) is 15.9 Å². The summed E-state index contributed by atoms with van der Waals surface area (Å²) in [7, 11) is 1.58. The van der Waals surface area contributed by atoms with E-state index in [0.29, 0.717) is 44.5 Å². The van der Waals surface area contributed by atoms with Crippen molar-refractivity contribution in [1.29, 1.82) is 0 Å². The maximum Gasteiger partial charge on any atom is 0.270 e. The molecule has 9 heteroatoms. The lowest BCUT2D eigenvalue weighted by molar-refractivity contribution is -0.113. The molecular weight excluding hydrogens is 478 g/mol. The molecule has 0 N–H and O–H groups in total. The average molecular weight is 494 g/mol. The number of halogens is 1. The van der Waals surface area contributed by atoms with Crippen LogP contribution in [0.25, 0.3) is 6.08 Å². The molecule has 0 spiro atoms. The predicted molar refractivity (Wildman–Crippen MR) is 120 cm³/mol. The topological polar surface area (TPSA) is 57.2 Å². The van der Waals surface area contributed by atoms with Crippen LogP contribution in [0.2, 0.25) is 0 Å². The van der Waals surface area contributed by atoms with Crippen molar-refractivity contribution in [3.05, 3.63) is 45.3 Å². The predicted octanol–water partition coefficient (Wildman–Crippen LogP) is 4.99. The molecule has 0 saturated carbocycles. The normalized spacial score (nSPS) is 16.7. The van der Waals surface area contributed by atoms with E-state index in [9.17, 15) is 4.79 Å². The Labute approximate surface area is 185 Å². The van der Waals surface area contributed by atoms with Crippen LogP contribution >= 0.6 is 39.9 Å². The van der Waals surface area contributed by atoms with E-state index in [0.717, 1.165) is 10.0 Å². The van der Waals surface area contributed by atoms with Crippen LogP contribution in [0.5, 0.6) is 23.0 Å². The van der Waals surface area contributed by atoms with E-state index in [4.69, 9.17) is 31.2 Å². The van der Waals surface area contributed by atoms with Crippen molar-refractivity contribution < 1.29 is 23.7 Å². The molecule has 0 radical (unpaired) electrons. The first-order valence-electron chi connectivity index (χ1n) is 8.69. The molecule has 0 atom stereocenters. The lowest BCUT2D eigenvalue weighted by atomic mass is 10.1. The number of ether oxygens (including phenoxy) is 4. The molecule has 2 heterocycles. The Morgan fingerprint density at radius 1 is 1.24 bits per heavy atom. The summed E-state index contributed by atoms with van der Waals surface area (Å²) in [5.74, 6) is 2.28. The number of fused-ring (bicyclic) bond motifs is 1. The van der Waals surface area contributed by atoms with E-state index in [-0.39, 0.29) is 12.7 Å². The van der Waals surface area contributed by atoms with E-state index in [1.54, 1.807) is 31.4 Å². The Balaban J connectivity index is 1.66. The Morgan fingerprint density at radius 2 is 2.03 bits per heavy atom. The molecule has 1 fully saturated rings. The summed E-state index contributed by atoms with van der Waals surface area (Å²) >= 11 is 10.2. The second kappa shape index (κ2) is 8.25. The van der Waals surface area contributed by atoms with Crippen LogP contribution in [-0.4, -0.2) is 30.7 Å². The quantitative estimate of drug-likeness (QED) is 0.429. The van der Waals surface area contributed by atoms with Crippen molar-refractivity contribution in [2.24, 2.45) is 0 Å². The molecule has 1 amide bonds. The van der Waals surface area contributed by atoms with E-state index < -0.39 is 0 Å². The Hall–Kier alpha value is -2.23. The van der Waals surface area contributed by atoms with Crippen molar-refractivity contribution in [3.8, 4) is 23.0 Å². The van der Waals surface area contributed by atoms with Crippen LogP contribution in [0.4, 0.5) is 5.69 Å². The summed E-state index contributed by atoms with van der Waals surface area (Å²) in [6, 6.07) is 8.96. The molecule has 0 bridgehead atoms. The van der Waals surface area contributed by atoms with Gasteiger partial charge in [0, 0.05) is 10.5 Å². The van der Waals surface area contributed by atoms with Gasteiger partial charge in [-0.25, -0.2) is 0 Å². The Bertz CT molecular complexity index is 1040. The maximum absolute atomic E-state index is 13.1. The fourth-order valence-electron chi connectivity index (χ4n) is 2.95. The highest BCUT2D eigenvalue weighted by Crippen LogP contribution is 2.42. The van der Waals surface area contributed by atoms with Crippen molar-refractivity contribution in [2.75, 3.05) is 25.4 Å². The number of anilines is 1. The number of methoxy groups -OCH3 is 1. The van der Waals surface area contributed by atoms with Gasteiger partial charge in [0.05, 0.1) is 24.3 Å². The second-order valence-corrected chi connectivity index (χ2v) is 8.54. The van der Waals surface area contributed by atoms with Gasteiger partial charge in [-0.15, -0.1) is 0 Å². The number of hydrogen-bond acceptors (Lipinski definition) is 7. The molecule has 4 rings (SSSR count). The molecular formula is C20H16BrNO5S2. The van der Waals surface area contributed by atoms with Crippen LogP contribution < -0.4 is 23.8 Å². The zero-order chi connectivity index (χ0) is 20.5. The Kier molecular flexibility index (Phi) is 5.71. The monoisotopic (exact) mass is 493 g/mol. The smallest absolute Gasteiger partial charge is 0.270 e. The second-order valence-electron chi connectivity index (χ2n) is 6.01. The van der Waals surface area contributed by atoms with Crippen molar-refractivity contribution >= 4 is 61.9 Å². The number of hydrogen-bond donors (Lipinski definition) is 0. The molecule has 0 unspecified atom stereocenters. The third-order valence-electron chi connectivity index (χ3n) is 4.28. The largest absolute Gasteiger partial charge is 0.493 e. The van der Waals surface area contributed by atoms with Crippen LogP contribution in [0, 0.1) is 0 Å². The number of carbonyl (C=O) groups excluding carboxylic acids is 1. The molecule has 0 aromatic heterocycles. The van der Waals surface area contributed by atoms with Gasteiger partial charge in [0.15, 0.2) is 27.3 Å². The van der Waals surface area contributed by atoms with Gasteiger partial charge in [-0.05, 0) is 42.8 Å². The van der Waals surface area contributed by atoms with Gasteiger partial charge in [-0.1, -0.05) is 39.9 Å². The summed E-state index contributed by atoms with van der Waals surface area (Å²) in [5.41, 5.74) is 1.43. The summed E-state index contributed by atoms with van der Waals surface area (Å²) < 4.78 is 23.0. The average Bonchev–Trinajstić information content (AvgIpc) is 3.27. The van der Waals surface area contributed by atoms with Crippen molar-refractivity contribution in [1.82, 2.24) is 0 Å². The van der Waals surface area contributed by atoms with Gasteiger partial charge < -0.3 is 18.9 Å². The number of benzene rings is 2. The standard InChI is InChI=1S/C20H16BrNO5S2/c1-3-25-17-9-13(21)11(6-15(17)24-2)7-18-19(23)22(20(28)29-18)12-4-5-14-16(8-12)27-10-26-14/h4-9H,3,10H2,1-2H3/b18-7-. The highest BCUT2D eigenvalue weighted by Gasteiger charge is 2.34. The van der Waals surface area contributed by atoms with E-state index in [1.807, 2.05) is 19.1 Å². The first-order chi connectivity index (χ1) is 14.0. The number of thioether (sulfide) groups is 1. The molecule has 1 saturated heterocycles. The lowest BCUT2D eigenvalue weighted by Gasteiger charge is -2.15. The highest BCUT2D eigenvalue weighted by molar-refractivity contribution is 9.10. The fraction of sp³-hybridized carbons (Fsp3) is 0.200. The summed E-state index contributed by atoms with van der Waals surface area (Å²) in [6.07, 6.45) is 1.79. The Morgan fingerprint density at radius 3 is 2.79 bits per heavy atom. The highest BCUT2D eigenvalue weighted by atomic mass is 79.9. The molecule has 0 aliphatic carbocycles. The number of amides is 1. The van der Waals surface area contributed by atoms with Crippen LogP contribution in [-0.2, 0) is 4.79 Å². The number of carbonyl (C=O) groups is 1. The number of rotatable bonds is 5. The third kappa shape index (κ3) is 3.82. The van der Waals surface area contributed by atoms with Gasteiger partial charge in [-0.2, -0.15) is 0 Å². The minimum atomic E-state index is -0.196. The molecule has 2 aromatic rings. The van der Waals surface area contributed by atoms with E-state index >= 15 is 0 Å². The maximum atomic E-state index is 13.1. The molecule has 6 nitrogen and oxygen atoms in total. The number of nitrogens with zero attached hydrogens (tertiary/aromatic N) is 1. The summed E-state index contributed by atoms with van der Waals surface area (Å²) in [4.78, 5) is 15.1. The molecule has 150 valence electrons. The SMILES string of the molecule is CCOc1cc(Br)c(/C=C2\SC(=S)N(c3ccc4c(c3)OCO4)C2=O)cc1OC. The van der Waals surface area contributed by atoms with Crippen LogP contribution in [0.15, 0.2) is 39.7 Å². The first kappa shape index (κ1) is 20.1. The van der Waals surface area contributed by atoms with Gasteiger partial charge in [0.2, 0.25) is 6.79 Å². The first-order valence-corrected chi connectivity index (χ1v) is 10.7. The summed E-state index contributed by atoms with van der Waals surface area (Å²) in [6.45, 7) is 2.60. The summed E-state index contributed by atoms with van der Waals surface area (Å²) in [5, 5.41) is 0. The van der Waals surface area contributed by atoms with E-state index in [1.165, 1.54) is 16.7 Å². The zero-order valence-corrected chi connectivity index (χ0v) is 18.8. The van der Waals surface area contributed by atoms with Gasteiger partial charge >= 0.3 is 0 Å². The number of thiocarbonyl (C=S) groups is 1.